The lowest BCUT2D eigenvalue weighted by Crippen LogP contribution is -2.39. The van der Waals surface area contributed by atoms with E-state index in [2.05, 4.69) is 18.1 Å². The molecule has 1 heteroatoms. The molecule has 0 radical (unpaired) electrons. The number of hydrogen-bond acceptors (Lipinski definition) is 1. The Morgan fingerprint density at radius 3 is 3.00 bits per heavy atom. The van der Waals surface area contributed by atoms with Gasteiger partial charge in [-0.3, -0.25) is 0 Å². The molecule has 0 aromatic heterocycles. The first-order valence-electron chi connectivity index (χ1n) is 4.47. The highest BCUT2D eigenvalue weighted by molar-refractivity contribution is 5.97. The van der Waals surface area contributed by atoms with Gasteiger partial charge in [-0.2, -0.15) is 0 Å². The zero-order chi connectivity index (χ0) is 8.40. The molecule has 3 unspecified atom stereocenters. The molecule has 0 aliphatic heterocycles. The third kappa shape index (κ3) is 0.395. The summed E-state index contributed by atoms with van der Waals surface area (Å²) in [5.41, 5.74) is 1.28. The Kier molecular flexibility index (Phi) is 0.821. The van der Waals surface area contributed by atoms with Crippen molar-refractivity contribution in [3.05, 3.63) is 12.2 Å². The zero-order valence-corrected chi connectivity index (χ0v) is 6.93. The van der Waals surface area contributed by atoms with Crippen molar-refractivity contribution < 1.29 is 0 Å². The topological polar surface area (TPSA) is 23.9 Å². The maximum Gasteiger partial charge on any atom is 0.0462 e. The van der Waals surface area contributed by atoms with E-state index in [9.17, 15) is 0 Å². The average molecular weight is 157 g/mol. The summed E-state index contributed by atoms with van der Waals surface area (Å²) in [7, 11) is 0. The molecule has 3 aliphatic carbocycles. The Bertz CT molecular complexity index is 347. The highest BCUT2D eigenvalue weighted by Crippen LogP contribution is 2.77. The summed E-state index contributed by atoms with van der Waals surface area (Å²) in [6.45, 7) is 0. The van der Waals surface area contributed by atoms with E-state index in [1.54, 1.807) is 0 Å². The van der Waals surface area contributed by atoms with Crippen LogP contribution < -0.4 is 0 Å². The Balaban J connectivity index is 2.09. The van der Waals surface area contributed by atoms with Gasteiger partial charge in [0.1, 0.15) is 0 Å². The third-order valence-corrected chi connectivity index (χ3v) is 4.02. The smallest absolute Gasteiger partial charge is 0.0462 e. The monoisotopic (exact) mass is 157 g/mol. The number of allylic oxidation sites excluding steroid dienone is 2. The van der Waals surface area contributed by atoms with Gasteiger partial charge < -0.3 is 5.41 Å². The van der Waals surface area contributed by atoms with E-state index in [1.807, 2.05) is 0 Å². The lowest BCUT2D eigenvalue weighted by molar-refractivity contribution is 0.328. The van der Waals surface area contributed by atoms with Crippen LogP contribution in [0.4, 0.5) is 0 Å². The number of nitrogens with one attached hydrogen (secondary N) is 1. The first-order chi connectivity index (χ1) is 5.75. The van der Waals surface area contributed by atoms with Crippen LogP contribution in [0.5, 0.6) is 0 Å². The maximum atomic E-state index is 7.90. The number of hydrogen-bond donors (Lipinski definition) is 1. The normalized spacial score (nSPS) is 52.2. The Hall–Kier alpha value is -1.03. The van der Waals surface area contributed by atoms with Crippen LogP contribution in [-0.4, -0.2) is 5.71 Å². The van der Waals surface area contributed by atoms with Crippen LogP contribution in [0.25, 0.3) is 0 Å². The van der Waals surface area contributed by atoms with Crippen molar-refractivity contribution in [2.45, 2.75) is 19.3 Å². The lowest BCUT2D eigenvalue weighted by Gasteiger charge is -2.40. The SMILES string of the molecule is C#CCC12C=CC13CC3CC2=N. The van der Waals surface area contributed by atoms with E-state index in [0.29, 0.717) is 5.41 Å². The predicted molar refractivity (Wildman–Crippen MR) is 47.9 cm³/mol. The minimum Gasteiger partial charge on any atom is -0.309 e. The first kappa shape index (κ1) is 6.48. The fraction of sp³-hybridized carbons (Fsp3) is 0.545. The van der Waals surface area contributed by atoms with E-state index in [4.69, 9.17) is 11.8 Å². The fourth-order valence-corrected chi connectivity index (χ4v) is 3.15. The summed E-state index contributed by atoms with van der Waals surface area (Å²) in [6, 6.07) is 0. The van der Waals surface area contributed by atoms with Gasteiger partial charge in [-0.05, 0) is 18.8 Å². The standard InChI is InChI=1S/C11H11N/c1-2-3-10-4-5-11(10)7-8(11)6-9(10)12/h1,4-5,8,12H,3,6-7H2. The molecule has 0 aromatic rings. The molecular weight excluding hydrogens is 146 g/mol. The second-order valence-electron chi connectivity index (χ2n) is 4.31. The Labute approximate surface area is 72.4 Å². The van der Waals surface area contributed by atoms with Gasteiger partial charge in [0, 0.05) is 23.0 Å². The van der Waals surface area contributed by atoms with Crippen molar-refractivity contribution in [3.63, 3.8) is 0 Å². The van der Waals surface area contributed by atoms with Crippen molar-refractivity contribution in [2.75, 3.05) is 0 Å². The zero-order valence-electron chi connectivity index (χ0n) is 6.93. The molecular formula is C11H11N. The van der Waals surface area contributed by atoms with Gasteiger partial charge in [-0.15, -0.1) is 12.3 Å². The van der Waals surface area contributed by atoms with Crippen LogP contribution in [-0.2, 0) is 0 Å². The third-order valence-electron chi connectivity index (χ3n) is 4.02. The quantitative estimate of drug-likeness (QED) is 0.444. The van der Waals surface area contributed by atoms with Crippen LogP contribution in [0.2, 0.25) is 0 Å². The molecule has 2 saturated carbocycles. The molecule has 0 bridgehead atoms. The van der Waals surface area contributed by atoms with Crippen molar-refractivity contribution in [2.24, 2.45) is 16.7 Å². The Morgan fingerprint density at radius 2 is 2.50 bits per heavy atom. The van der Waals surface area contributed by atoms with Crippen LogP contribution in [0.3, 0.4) is 0 Å². The summed E-state index contributed by atoms with van der Waals surface area (Å²) in [5.74, 6) is 3.49. The van der Waals surface area contributed by atoms with Gasteiger partial charge in [0.15, 0.2) is 0 Å². The molecule has 0 saturated heterocycles. The largest absolute Gasteiger partial charge is 0.309 e. The van der Waals surface area contributed by atoms with Crippen LogP contribution in [0.1, 0.15) is 19.3 Å². The molecule has 0 aromatic carbocycles. The van der Waals surface area contributed by atoms with E-state index in [1.165, 1.54) is 6.42 Å². The molecule has 3 atom stereocenters. The molecule has 3 aliphatic rings. The minimum atomic E-state index is 0.0203. The van der Waals surface area contributed by atoms with Gasteiger partial charge >= 0.3 is 0 Å². The highest BCUT2D eigenvalue weighted by atomic mass is 14.8. The van der Waals surface area contributed by atoms with Gasteiger partial charge in [0.25, 0.3) is 0 Å². The number of rotatable bonds is 1. The van der Waals surface area contributed by atoms with Gasteiger partial charge in [-0.1, -0.05) is 12.2 Å². The fourth-order valence-electron chi connectivity index (χ4n) is 3.15. The highest BCUT2D eigenvalue weighted by Gasteiger charge is 2.74. The van der Waals surface area contributed by atoms with Crippen LogP contribution in [0, 0.1) is 34.5 Å². The second-order valence-corrected chi connectivity index (χ2v) is 4.31. The first-order valence-corrected chi connectivity index (χ1v) is 4.47. The van der Waals surface area contributed by atoms with Crippen molar-refractivity contribution >= 4 is 5.71 Å². The second kappa shape index (κ2) is 1.52. The lowest BCUT2D eigenvalue weighted by atomic mass is 9.62. The molecule has 12 heavy (non-hydrogen) atoms. The molecule has 1 N–H and O–H groups in total. The minimum absolute atomic E-state index is 0.0203. The predicted octanol–water partition coefficient (Wildman–Crippen LogP) is 2.00. The molecule has 60 valence electrons. The summed E-state index contributed by atoms with van der Waals surface area (Å²) < 4.78 is 0. The van der Waals surface area contributed by atoms with Gasteiger partial charge in [-0.25, -0.2) is 0 Å². The van der Waals surface area contributed by atoms with Crippen molar-refractivity contribution in [1.82, 2.24) is 0 Å². The van der Waals surface area contributed by atoms with E-state index < -0.39 is 0 Å². The molecule has 1 spiro atoms. The maximum absolute atomic E-state index is 7.90. The van der Waals surface area contributed by atoms with Crippen molar-refractivity contribution in [3.8, 4) is 12.3 Å². The summed E-state index contributed by atoms with van der Waals surface area (Å²) in [5, 5.41) is 7.90. The van der Waals surface area contributed by atoms with Gasteiger partial charge in [0.05, 0.1) is 0 Å². The molecule has 0 amide bonds. The summed E-state index contributed by atoms with van der Waals surface area (Å²) >= 11 is 0. The molecule has 0 heterocycles. The van der Waals surface area contributed by atoms with Crippen LogP contribution in [0.15, 0.2) is 12.2 Å². The Morgan fingerprint density at radius 1 is 1.67 bits per heavy atom. The molecule has 1 nitrogen and oxygen atoms in total. The van der Waals surface area contributed by atoms with E-state index >= 15 is 0 Å². The van der Waals surface area contributed by atoms with Crippen molar-refractivity contribution in [1.29, 1.82) is 5.41 Å². The average Bonchev–Trinajstić information content (AvgIpc) is 2.70. The van der Waals surface area contributed by atoms with Gasteiger partial charge in [0.2, 0.25) is 0 Å². The van der Waals surface area contributed by atoms with E-state index in [0.717, 1.165) is 24.5 Å². The summed E-state index contributed by atoms with van der Waals surface area (Å²) in [4.78, 5) is 0. The molecule has 3 rings (SSSR count). The van der Waals surface area contributed by atoms with Crippen LogP contribution >= 0.6 is 0 Å². The van der Waals surface area contributed by atoms with E-state index in [-0.39, 0.29) is 5.41 Å². The molecule has 2 fully saturated rings. The summed E-state index contributed by atoms with van der Waals surface area (Å²) in [6.07, 6.45) is 12.8. The number of terminal acetylenes is 1.